The fourth-order valence-electron chi connectivity index (χ4n) is 3.42. The van der Waals surface area contributed by atoms with Crippen molar-refractivity contribution in [2.45, 2.75) is 32.2 Å². The first kappa shape index (κ1) is 18.4. The van der Waals surface area contributed by atoms with Crippen LogP contribution >= 0.6 is 11.3 Å². The second kappa shape index (κ2) is 7.93. The van der Waals surface area contributed by atoms with Crippen LogP contribution in [0.3, 0.4) is 0 Å². The van der Waals surface area contributed by atoms with E-state index in [-0.39, 0.29) is 11.8 Å². The number of carbonyl (C=O) groups excluding carboxylic acids is 2. The summed E-state index contributed by atoms with van der Waals surface area (Å²) in [6.45, 7) is 2.44. The maximum Gasteiger partial charge on any atom is 0.276 e. The first-order valence-electron chi connectivity index (χ1n) is 9.20. The van der Waals surface area contributed by atoms with Crippen molar-refractivity contribution in [1.82, 2.24) is 14.9 Å². The Labute approximate surface area is 166 Å². The van der Waals surface area contributed by atoms with Gasteiger partial charge in [0.2, 0.25) is 5.91 Å². The number of hydrogen-bond donors (Lipinski definition) is 1. The lowest BCUT2D eigenvalue weighted by molar-refractivity contribution is -0.119. The van der Waals surface area contributed by atoms with Crippen LogP contribution in [0.25, 0.3) is 11.3 Å². The van der Waals surface area contributed by atoms with E-state index in [2.05, 4.69) is 15.3 Å². The van der Waals surface area contributed by atoms with Crippen molar-refractivity contribution in [2.75, 3.05) is 11.9 Å². The minimum absolute atomic E-state index is 0.186. The summed E-state index contributed by atoms with van der Waals surface area (Å²) in [7, 11) is 0. The van der Waals surface area contributed by atoms with Crippen LogP contribution in [0.4, 0.5) is 5.69 Å². The van der Waals surface area contributed by atoms with Gasteiger partial charge in [-0.1, -0.05) is 19.1 Å². The molecule has 1 atom stereocenters. The molecule has 28 heavy (non-hydrogen) atoms. The van der Waals surface area contributed by atoms with E-state index in [4.69, 9.17) is 4.42 Å². The number of hydrogen-bond acceptors (Lipinski definition) is 6. The van der Waals surface area contributed by atoms with E-state index in [0.717, 1.165) is 17.7 Å². The number of aromatic nitrogens is 2. The fourth-order valence-corrected chi connectivity index (χ4v) is 3.98. The van der Waals surface area contributed by atoms with Crippen LogP contribution in [0, 0.1) is 0 Å². The molecule has 4 rings (SSSR count). The van der Waals surface area contributed by atoms with Crippen LogP contribution in [-0.2, 0) is 11.2 Å². The van der Waals surface area contributed by atoms with Gasteiger partial charge in [-0.2, -0.15) is 0 Å². The smallest absolute Gasteiger partial charge is 0.276 e. The zero-order valence-corrected chi connectivity index (χ0v) is 16.2. The number of nitrogens with zero attached hydrogens (tertiary/aromatic N) is 3. The molecule has 8 heteroatoms. The van der Waals surface area contributed by atoms with Crippen LogP contribution in [0.5, 0.6) is 0 Å². The fraction of sp³-hybridized carbons (Fsp3) is 0.300. The molecule has 0 aliphatic carbocycles. The van der Waals surface area contributed by atoms with Crippen molar-refractivity contribution in [2.24, 2.45) is 0 Å². The SMILES string of the molecule is CCc1ocnc1C(=O)N1CCC[C@H]1C(=O)Nc1ccc(-c2cscn2)cc1. The van der Waals surface area contributed by atoms with Crippen molar-refractivity contribution < 1.29 is 14.0 Å². The molecule has 1 aromatic carbocycles. The van der Waals surface area contributed by atoms with E-state index in [1.807, 2.05) is 36.6 Å². The van der Waals surface area contributed by atoms with Crippen LogP contribution < -0.4 is 5.32 Å². The predicted octanol–water partition coefficient (Wildman–Crippen LogP) is 3.60. The van der Waals surface area contributed by atoms with Gasteiger partial charge < -0.3 is 14.6 Å². The summed E-state index contributed by atoms with van der Waals surface area (Å²) in [5.41, 5.74) is 4.69. The quantitative estimate of drug-likeness (QED) is 0.712. The van der Waals surface area contributed by atoms with Gasteiger partial charge in [0, 0.05) is 29.6 Å². The second-order valence-corrected chi connectivity index (χ2v) is 7.29. The minimum atomic E-state index is -0.507. The van der Waals surface area contributed by atoms with Gasteiger partial charge in [-0.05, 0) is 25.0 Å². The third-order valence-electron chi connectivity index (χ3n) is 4.86. The largest absolute Gasteiger partial charge is 0.448 e. The average molecular weight is 396 g/mol. The average Bonchev–Trinajstić information content (AvgIpc) is 3.49. The number of rotatable bonds is 5. The summed E-state index contributed by atoms with van der Waals surface area (Å²) in [6.07, 6.45) is 3.28. The topological polar surface area (TPSA) is 88.3 Å². The highest BCUT2D eigenvalue weighted by atomic mass is 32.1. The Morgan fingerprint density at radius 1 is 1.29 bits per heavy atom. The molecule has 1 fully saturated rings. The number of benzene rings is 1. The van der Waals surface area contributed by atoms with Gasteiger partial charge in [-0.25, -0.2) is 9.97 Å². The lowest BCUT2D eigenvalue weighted by Gasteiger charge is -2.23. The minimum Gasteiger partial charge on any atom is -0.448 e. The Morgan fingerprint density at radius 3 is 2.82 bits per heavy atom. The number of anilines is 1. The van der Waals surface area contributed by atoms with Gasteiger partial charge in [0.05, 0.1) is 11.2 Å². The van der Waals surface area contributed by atoms with E-state index in [1.54, 1.807) is 21.7 Å². The molecule has 0 bridgehead atoms. The number of likely N-dealkylation sites (tertiary alicyclic amines) is 1. The summed E-state index contributed by atoms with van der Waals surface area (Å²) in [5, 5.41) is 4.90. The molecule has 7 nitrogen and oxygen atoms in total. The van der Waals surface area contributed by atoms with Gasteiger partial charge in [0.1, 0.15) is 11.8 Å². The number of carbonyl (C=O) groups is 2. The molecule has 1 saturated heterocycles. The standard InChI is InChI=1S/C20H20N4O3S/c1-2-17-18(21-11-27-17)20(26)24-9-3-4-16(24)19(25)23-14-7-5-13(6-8-14)15-10-28-12-22-15/h5-8,10-12,16H,2-4,9H2,1H3,(H,23,25)/t16-/m0/s1. The summed E-state index contributed by atoms with van der Waals surface area (Å²) in [5.74, 6) is 0.115. The Balaban J connectivity index is 1.46. The lowest BCUT2D eigenvalue weighted by Crippen LogP contribution is -2.43. The van der Waals surface area contributed by atoms with Gasteiger partial charge >= 0.3 is 0 Å². The van der Waals surface area contributed by atoms with Crippen LogP contribution in [0.15, 0.2) is 46.0 Å². The Morgan fingerprint density at radius 2 is 2.11 bits per heavy atom. The molecular weight excluding hydrogens is 376 g/mol. The van der Waals surface area contributed by atoms with Gasteiger partial charge in [0.15, 0.2) is 12.1 Å². The number of nitrogens with one attached hydrogen (secondary N) is 1. The van der Waals surface area contributed by atoms with Crippen molar-refractivity contribution in [1.29, 1.82) is 0 Å². The molecule has 2 amide bonds. The highest BCUT2D eigenvalue weighted by molar-refractivity contribution is 7.07. The number of amides is 2. The van der Waals surface area contributed by atoms with Crippen LogP contribution in [-0.4, -0.2) is 39.3 Å². The van der Waals surface area contributed by atoms with E-state index < -0.39 is 6.04 Å². The molecule has 0 unspecified atom stereocenters. The molecule has 2 aromatic heterocycles. The molecule has 0 spiro atoms. The van der Waals surface area contributed by atoms with E-state index in [0.29, 0.717) is 36.5 Å². The first-order chi connectivity index (χ1) is 13.7. The van der Waals surface area contributed by atoms with Gasteiger partial charge in [0.25, 0.3) is 5.91 Å². The number of oxazole rings is 1. The van der Waals surface area contributed by atoms with Crippen molar-refractivity contribution in [3.8, 4) is 11.3 Å². The first-order valence-corrected chi connectivity index (χ1v) is 10.1. The van der Waals surface area contributed by atoms with Crippen molar-refractivity contribution in [3.05, 3.63) is 53.0 Å². The number of thiazole rings is 1. The van der Waals surface area contributed by atoms with Crippen LogP contribution in [0.1, 0.15) is 36.0 Å². The third kappa shape index (κ3) is 3.55. The molecule has 0 saturated carbocycles. The zero-order valence-electron chi connectivity index (χ0n) is 15.4. The van der Waals surface area contributed by atoms with Crippen LogP contribution in [0.2, 0.25) is 0 Å². The Kier molecular flexibility index (Phi) is 5.21. The van der Waals surface area contributed by atoms with Crippen molar-refractivity contribution in [3.63, 3.8) is 0 Å². The summed E-state index contributed by atoms with van der Waals surface area (Å²) in [6, 6.07) is 7.03. The Hall–Kier alpha value is -3.00. The highest BCUT2D eigenvalue weighted by Crippen LogP contribution is 2.24. The molecule has 0 radical (unpaired) electrons. The second-order valence-electron chi connectivity index (χ2n) is 6.57. The van der Waals surface area contributed by atoms with E-state index in [1.165, 1.54) is 6.39 Å². The van der Waals surface area contributed by atoms with Gasteiger partial charge in [-0.15, -0.1) is 11.3 Å². The predicted molar refractivity (Wildman–Crippen MR) is 106 cm³/mol. The Bertz CT molecular complexity index is 966. The molecule has 3 heterocycles. The molecule has 1 N–H and O–H groups in total. The van der Waals surface area contributed by atoms with Crippen molar-refractivity contribution >= 4 is 28.8 Å². The lowest BCUT2D eigenvalue weighted by atomic mass is 10.1. The molecule has 144 valence electrons. The zero-order chi connectivity index (χ0) is 19.5. The maximum atomic E-state index is 12.8. The number of aryl methyl sites for hydroxylation is 1. The monoisotopic (exact) mass is 396 g/mol. The summed E-state index contributed by atoms with van der Waals surface area (Å²) < 4.78 is 5.26. The highest BCUT2D eigenvalue weighted by Gasteiger charge is 2.36. The van der Waals surface area contributed by atoms with E-state index in [9.17, 15) is 9.59 Å². The molecule has 1 aliphatic rings. The van der Waals surface area contributed by atoms with E-state index >= 15 is 0 Å². The summed E-state index contributed by atoms with van der Waals surface area (Å²) in [4.78, 5) is 35.6. The molecule has 1 aliphatic heterocycles. The van der Waals surface area contributed by atoms with Gasteiger partial charge in [-0.3, -0.25) is 9.59 Å². The summed E-state index contributed by atoms with van der Waals surface area (Å²) >= 11 is 1.54. The molecular formula is C20H20N4O3S. The third-order valence-corrected chi connectivity index (χ3v) is 5.45. The normalized spacial score (nSPS) is 16.3. The maximum absolute atomic E-state index is 12.8. The molecule has 3 aromatic rings.